The van der Waals surface area contributed by atoms with Gasteiger partial charge in [-0.2, -0.15) is 0 Å². The van der Waals surface area contributed by atoms with Crippen molar-refractivity contribution in [3.8, 4) is 0 Å². The summed E-state index contributed by atoms with van der Waals surface area (Å²) in [5, 5.41) is 9.36. The molecule has 0 saturated carbocycles. The van der Waals surface area contributed by atoms with Crippen molar-refractivity contribution in [3.05, 3.63) is 41.2 Å². The van der Waals surface area contributed by atoms with E-state index in [2.05, 4.69) is 30.8 Å². The number of amides is 2. The fraction of sp³-hybridized carbons (Fsp3) is 0.389. The highest BCUT2D eigenvalue weighted by atomic mass is 35.5. The Kier molecular flexibility index (Phi) is 6.12. The van der Waals surface area contributed by atoms with Crippen LogP contribution in [-0.2, 0) is 0 Å². The highest BCUT2D eigenvalue weighted by molar-refractivity contribution is 6.30. The van der Waals surface area contributed by atoms with E-state index in [-0.39, 0.29) is 6.03 Å². The first-order chi connectivity index (χ1) is 12.6. The third-order valence-corrected chi connectivity index (χ3v) is 4.29. The van der Waals surface area contributed by atoms with Crippen LogP contribution in [0.25, 0.3) is 0 Å². The molecule has 1 aliphatic rings. The highest BCUT2D eigenvalue weighted by Gasteiger charge is 2.14. The topological polar surface area (TPSA) is 82.2 Å². The number of urea groups is 1. The second-order valence-electron chi connectivity index (χ2n) is 6.17. The molecule has 2 heterocycles. The lowest BCUT2D eigenvalue weighted by atomic mass is 10.3. The Bertz CT molecular complexity index is 763. The van der Waals surface area contributed by atoms with Crippen LogP contribution in [0, 0.1) is 6.92 Å². The first-order valence-electron chi connectivity index (χ1n) is 8.75. The average Bonchev–Trinajstić information content (AvgIpc) is 3.13. The van der Waals surface area contributed by atoms with Crippen LogP contribution in [0.2, 0.25) is 5.02 Å². The summed E-state index contributed by atoms with van der Waals surface area (Å²) < 4.78 is 0. The molecule has 2 aromatic rings. The molecule has 0 radical (unpaired) electrons. The van der Waals surface area contributed by atoms with E-state index in [1.807, 2.05) is 13.0 Å². The summed E-state index contributed by atoms with van der Waals surface area (Å²) in [5.74, 6) is 2.48. The first-order valence-corrected chi connectivity index (χ1v) is 9.13. The molecule has 0 bridgehead atoms. The fourth-order valence-electron chi connectivity index (χ4n) is 2.86. The Morgan fingerprint density at radius 3 is 2.77 bits per heavy atom. The lowest BCUT2D eigenvalue weighted by molar-refractivity contribution is 0.252. The molecule has 26 heavy (non-hydrogen) atoms. The first kappa shape index (κ1) is 18.3. The van der Waals surface area contributed by atoms with E-state index in [4.69, 9.17) is 11.6 Å². The fourth-order valence-corrected chi connectivity index (χ4v) is 3.05. The summed E-state index contributed by atoms with van der Waals surface area (Å²) in [6.07, 6.45) is 2.41. The monoisotopic (exact) mass is 374 g/mol. The maximum atomic E-state index is 11.9. The standard InChI is InChI=1S/C18H23ClN6O/c1-13-22-16(12-17(23-13)25-9-2-3-10-25)20-7-8-21-18(26)24-15-6-4-5-14(19)11-15/h4-6,11-12H,2-3,7-10H2,1H3,(H,20,22,23)(H2,21,24,26). The maximum absolute atomic E-state index is 11.9. The molecule has 7 nitrogen and oxygen atoms in total. The molecule has 1 aliphatic heterocycles. The number of halogens is 1. The summed E-state index contributed by atoms with van der Waals surface area (Å²) >= 11 is 5.90. The molecule has 3 N–H and O–H groups in total. The van der Waals surface area contributed by atoms with Crippen molar-refractivity contribution in [3.63, 3.8) is 0 Å². The third-order valence-electron chi connectivity index (χ3n) is 4.05. The van der Waals surface area contributed by atoms with Crippen LogP contribution in [0.15, 0.2) is 30.3 Å². The number of nitrogens with one attached hydrogen (secondary N) is 3. The molecule has 8 heteroatoms. The molecule has 0 unspecified atom stereocenters. The Morgan fingerprint density at radius 2 is 2.00 bits per heavy atom. The summed E-state index contributed by atoms with van der Waals surface area (Å²) in [4.78, 5) is 23.1. The molecule has 1 saturated heterocycles. The zero-order valence-electron chi connectivity index (χ0n) is 14.8. The van der Waals surface area contributed by atoms with Crippen molar-refractivity contribution in [2.45, 2.75) is 19.8 Å². The van der Waals surface area contributed by atoms with Gasteiger partial charge in [0.15, 0.2) is 0 Å². The summed E-state index contributed by atoms with van der Waals surface area (Å²) in [5.41, 5.74) is 0.657. The van der Waals surface area contributed by atoms with Gasteiger partial charge >= 0.3 is 6.03 Å². The van der Waals surface area contributed by atoms with Crippen molar-refractivity contribution in [2.75, 3.05) is 41.7 Å². The Hall–Kier alpha value is -2.54. The van der Waals surface area contributed by atoms with E-state index in [0.29, 0.717) is 23.8 Å². The summed E-state index contributed by atoms with van der Waals surface area (Å²) in [6.45, 7) is 5.01. The van der Waals surface area contributed by atoms with E-state index in [9.17, 15) is 4.79 Å². The lowest BCUT2D eigenvalue weighted by Crippen LogP contribution is -2.32. The average molecular weight is 375 g/mol. The smallest absolute Gasteiger partial charge is 0.319 e. The van der Waals surface area contributed by atoms with Gasteiger partial charge in [-0.05, 0) is 38.0 Å². The van der Waals surface area contributed by atoms with Gasteiger partial charge in [0.05, 0.1) is 0 Å². The van der Waals surface area contributed by atoms with Crippen molar-refractivity contribution >= 4 is 35.0 Å². The predicted octanol–water partition coefficient (Wildman–Crippen LogP) is 3.27. The molecular formula is C18H23ClN6O. The van der Waals surface area contributed by atoms with Crippen LogP contribution in [0.4, 0.5) is 22.1 Å². The molecular weight excluding hydrogens is 352 g/mol. The number of rotatable bonds is 6. The Labute approximate surface area is 158 Å². The van der Waals surface area contributed by atoms with Gasteiger partial charge < -0.3 is 20.9 Å². The van der Waals surface area contributed by atoms with Gasteiger partial charge in [0.2, 0.25) is 0 Å². The van der Waals surface area contributed by atoms with Gasteiger partial charge in [0, 0.05) is 43.0 Å². The number of nitrogens with zero attached hydrogens (tertiary/aromatic N) is 3. The normalized spacial score (nSPS) is 13.5. The van der Waals surface area contributed by atoms with E-state index >= 15 is 0 Å². The number of aryl methyl sites for hydroxylation is 1. The van der Waals surface area contributed by atoms with Gasteiger partial charge in [-0.25, -0.2) is 14.8 Å². The summed E-state index contributed by atoms with van der Waals surface area (Å²) in [7, 11) is 0. The Balaban J connectivity index is 1.45. The SMILES string of the molecule is Cc1nc(NCCNC(=O)Nc2cccc(Cl)c2)cc(N2CCCC2)n1. The molecule has 1 fully saturated rings. The lowest BCUT2D eigenvalue weighted by Gasteiger charge is -2.17. The van der Waals surface area contributed by atoms with Gasteiger partial charge in [0.25, 0.3) is 0 Å². The van der Waals surface area contributed by atoms with Gasteiger partial charge in [-0.3, -0.25) is 0 Å². The molecule has 0 atom stereocenters. The van der Waals surface area contributed by atoms with Crippen LogP contribution < -0.4 is 20.9 Å². The van der Waals surface area contributed by atoms with Crippen LogP contribution in [0.5, 0.6) is 0 Å². The number of aromatic nitrogens is 2. The number of hydrogen-bond donors (Lipinski definition) is 3. The minimum absolute atomic E-state index is 0.273. The molecule has 2 amide bonds. The van der Waals surface area contributed by atoms with Crippen LogP contribution >= 0.6 is 11.6 Å². The zero-order valence-corrected chi connectivity index (χ0v) is 15.5. The number of carbonyl (C=O) groups is 1. The minimum atomic E-state index is -0.273. The highest BCUT2D eigenvalue weighted by Crippen LogP contribution is 2.20. The minimum Gasteiger partial charge on any atom is -0.368 e. The molecule has 0 spiro atoms. The molecule has 0 aliphatic carbocycles. The van der Waals surface area contributed by atoms with Crippen LogP contribution in [-0.4, -0.2) is 42.2 Å². The Morgan fingerprint density at radius 1 is 1.19 bits per heavy atom. The van der Waals surface area contributed by atoms with Crippen molar-refractivity contribution < 1.29 is 4.79 Å². The number of benzene rings is 1. The summed E-state index contributed by atoms with van der Waals surface area (Å²) in [6, 6.07) is 8.72. The molecule has 3 rings (SSSR count). The third kappa shape index (κ3) is 5.23. The van der Waals surface area contributed by atoms with E-state index in [1.165, 1.54) is 12.8 Å². The van der Waals surface area contributed by atoms with Crippen molar-refractivity contribution in [2.24, 2.45) is 0 Å². The van der Waals surface area contributed by atoms with Gasteiger partial charge in [-0.15, -0.1) is 0 Å². The molecule has 138 valence electrons. The van der Waals surface area contributed by atoms with Crippen LogP contribution in [0.1, 0.15) is 18.7 Å². The van der Waals surface area contributed by atoms with E-state index < -0.39 is 0 Å². The molecule has 1 aromatic heterocycles. The second-order valence-corrected chi connectivity index (χ2v) is 6.61. The van der Waals surface area contributed by atoms with Gasteiger partial charge in [0.1, 0.15) is 17.5 Å². The van der Waals surface area contributed by atoms with Crippen LogP contribution in [0.3, 0.4) is 0 Å². The number of hydrogen-bond acceptors (Lipinski definition) is 5. The second kappa shape index (κ2) is 8.71. The van der Waals surface area contributed by atoms with Gasteiger partial charge in [-0.1, -0.05) is 17.7 Å². The van der Waals surface area contributed by atoms with Crippen molar-refractivity contribution in [1.29, 1.82) is 0 Å². The van der Waals surface area contributed by atoms with E-state index in [0.717, 1.165) is 30.5 Å². The predicted molar refractivity (Wildman–Crippen MR) is 105 cm³/mol. The van der Waals surface area contributed by atoms with Crippen molar-refractivity contribution in [1.82, 2.24) is 15.3 Å². The number of anilines is 3. The molecule has 1 aromatic carbocycles. The van der Waals surface area contributed by atoms with E-state index in [1.54, 1.807) is 24.3 Å². The number of carbonyl (C=O) groups excluding carboxylic acids is 1. The maximum Gasteiger partial charge on any atom is 0.319 e. The zero-order chi connectivity index (χ0) is 18.4. The largest absolute Gasteiger partial charge is 0.368 e. The quantitative estimate of drug-likeness (QED) is 0.676.